The van der Waals surface area contributed by atoms with Crippen LogP contribution < -0.4 is 0 Å². The van der Waals surface area contributed by atoms with Gasteiger partial charge in [0, 0.05) is 53.9 Å². The summed E-state index contributed by atoms with van der Waals surface area (Å²) in [6.07, 6.45) is 0. The molecule has 4 aromatic heterocycles. The molecular weight excluding hydrogens is 1410 g/mol. The SMILES string of the molecule is c1ccc2c(c1)ccc1c2ccc2c3ccc4c5ccccc5ccc4c3oc12.c1ccc2c(c1)ccc1cc3c(cc12)oc1ccc2c4ccccc4ccc2c13.c1ccc2cc3cc4c(cc3cc2c1)oc1cc2c(ccc3ccccc32)cc14.c1ccc2cc3cc4c(cc3cc2c1)oc1cc2cc3ccccc3cc2cc14. The minimum absolute atomic E-state index is 0.947. The molecule has 0 aliphatic heterocycles. The lowest BCUT2D eigenvalue weighted by molar-refractivity contribution is 0.669. The summed E-state index contributed by atoms with van der Waals surface area (Å²) in [5.74, 6) is 0. The molecule has 0 aliphatic rings. The molecule has 4 heterocycles. The van der Waals surface area contributed by atoms with Crippen LogP contribution >= 0.6 is 0 Å². The van der Waals surface area contributed by atoms with E-state index in [9.17, 15) is 0 Å². The largest absolute Gasteiger partial charge is 0.456 e. The molecule has 4 nitrogen and oxygen atoms in total. The Labute approximate surface area is 661 Å². The lowest BCUT2D eigenvalue weighted by atomic mass is 9.96. The van der Waals surface area contributed by atoms with Gasteiger partial charge in [-0.25, -0.2) is 0 Å². The number of fused-ring (bicyclic) bond motifs is 36. The molecule has 0 amide bonds. The molecule has 116 heavy (non-hydrogen) atoms. The fraction of sp³-hybridized carbons (Fsp3) is 0. The molecule has 0 unspecified atom stereocenters. The zero-order valence-electron chi connectivity index (χ0n) is 62.6. The molecule has 4 heteroatoms. The van der Waals surface area contributed by atoms with E-state index >= 15 is 0 Å². The number of hydrogen-bond donors (Lipinski definition) is 0. The van der Waals surface area contributed by atoms with Gasteiger partial charge < -0.3 is 17.7 Å². The van der Waals surface area contributed by atoms with Crippen LogP contribution in [-0.2, 0) is 0 Å². The predicted molar refractivity (Wildman–Crippen MR) is 495 cm³/mol. The van der Waals surface area contributed by atoms with Gasteiger partial charge in [-0.1, -0.05) is 261 Å². The Kier molecular flexibility index (Phi) is 13.9. The molecule has 24 aromatic carbocycles. The lowest BCUT2D eigenvalue weighted by Gasteiger charge is -2.06. The van der Waals surface area contributed by atoms with Gasteiger partial charge in [0.1, 0.15) is 44.7 Å². The second kappa shape index (κ2) is 25.1. The third-order valence-corrected chi connectivity index (χ3v) is 24.7. The molecule has 28 rings (SSSR count). The van der Waals surface area contributed by atoms with Crippen LogP contribution in [0, 0.1) is 0 Å². The van der Waals surface area contributed by atoms with E-state index in [1.165, 1.54) is 215 Å². The highest BCUT2D eigenvalue weighted by atomic mass is 16.3. The summed E-state index contributed by atoms with van der Waals surface area (Å²) in [4.78, 5) is 0. The number of hydrogen-bond acceptors (Lipinski definition) is 4. The van der Waals surface area contributed by atoms with Crippen molar-refractivity contribution in [1.29, 1.82) is 0 Å². The topological polar surface area (TPSA) is 52.6 Å². The minimum Gasteiger partial charge on any atom is -0.456 e. The Hall–Kier alpha value is -15.4. The van der Waals surface area contributed by atoms with E-state index < -0.39 is 0 Å². The van der Waals surface area contributed by atoms with Crippen molar-refractivity contribution in [3.63, 3.8) is 0 Å². The van der Waals surface area contributed by atoms with Crippen molar-refractivity contribution in [2.24, 2.45) is 0 Å². The zero-order valence-corrected chi connectivity index (χ0v) is 62.6. The maximum absolute atomic E-state index is 6.58. The van der Waals surface area contributed by atoms with Gasteiger partial charge in [0.25, 0.3) is 0 Å². The van der Waals surface area contributed by atoms with Crippen molar-refractivity contribution >= 4 is 260 Å². The summed E-state index contributed by atoms with van der Waals surface area (Å²) in [6.45, 7) is 0. The van der Waals surface area contributed by atoms with Crippen LogP contribution in [-0.4, -0.2) is 0 Å². The third-order valence-electron chi connectivity index (χ3n) is 24.7. The van der Waals surface area contributed by atoms with Crippen molar-refractivity contribution in [2.45, 2.75) is 0 Å². The van der Waals surface area contributed by atoms with Gasteiger partial charge in [0.2, 0.25) is 0 Å². The normalized spacial score (nSPS) is 12.1. The number of rotatable bonds is 0. The molecule has 0 N–H and O–H groups in total. The van der Waals surface area contributed by atoms with Crippen LogP contribution in [0.2, 0.25) is 0 Å². The van der Waals surface area contributed by atoms with Crippen molar-refractivity contribution in [3.05, 3.63) is 388 Å². The Morgan fingerprint density at radius 1 is 0.103 bits per heavy atom. The highest BCUT2D eigenvalue weighted by Crippen LogP contribution is 2.45. The Morgan fingerprint density at radius 2 is 0.336 bits per heavy atom. The molecule has 0 saturated heterocycles. The average Bonchev–Trinajstić information content (AvgIpc) is 1.59. The zero-order chi connectivity index (χ0) is 75.8. The molecule has 0 fully saturated rings. The Balaban J connectivity index is 0.0000000866. The summed E-state index contributed by atoms with van der Waals surface area (Å²) in [5, 5.41) is 49.4. The van der Waals surface area contributed by atoms with E-state index in [0.29, 0.717) is 0 Å². The molecule has 0 radical (unpaired) electrons. The van der Waals surface area contributed by atoms with E-state index in [1.807, 2.05) is 0 Å². The summed E-state index contributed by atoms with van der Waals surface area (Å²) in [7, 11) is 0. The van der Waals surface area contributed by atoms with E-state index in [2.05, 4.69) is 388 Å². The standard InChI is InChI=1S/4C28H16O/c1-3-7-20-18(6-1)11-12-23-22(20)13-14-26-28(23)25-15-19-10-9-17-5-2-4-8-21(17)24(19)16-27(25)29-26;1-3-7-19-11-23-15-27-25(13-21(23)9-17(19)5-1)26-14-22-10-18-6-2-4-8-20(18)12-24(22)16-28(26)29-27;1-3-7-19-17(5-1)9-11-23-21(19)13-15-25-26-16-14-22-20-8-4-2-6-18(20)10-12-24(22)28(26)29-27(23)25;1-2-7-19-12-22-15-27-26(14-21(22)11-18(19)6-1)25-13-20-10-9-17-5-3-4-8-23(17)24(20)16-28(25)29-27/h4*1-16H. The van der Waals surface area contributed by atoms with Gasteiger partial charge >= 0.3 is 0 Å². The summed E-state index contributed by atoms with van der Waals surface area (Å²) < 4.78 is 25.5. The van der Waals surface area contributed by atoms with Crippen LogP contribution in [0.3, 0.4) is 0 Å². The second-order valence-electron chi connectivity index (χ2n) is 31.3. The fourth-order valence-corrected chi connectivity index (χ4v) is 19.1. The maximum atomic E-state index is 6.58. The predicted octanol–water partition coefficient (Wildman–Crippen LogP) is 32.8. The average molecular weight is 1470 g/mol. The van der Waals surface area contributed by atoms with E-state index in [4.69, 9.17) is 17.7 Å². The Bertz CT molecular complexity index is 8730. The molecule has 536 valence electrons. The van der Waals surface area contributed by atoms with E-state index in [0.717, 1.165) is 44.7 Å². The monoisotopic (exact) mass is 1470 g/mol. The van der Waals surface area contributed by atoms with Crippen LogP contribution in [0.5, 0.6) is 0 Å². The smallest absolute Gasteiger partial charge is 0.143 e. The highest BCUT2D eigenvalue weighted by molar-refractivity contribution is 6.29. The summed E-state index contributed by atoms with van der Waals surface area (Å²) >= 11 is 0. The molecule has 28 aromatic rings. The first-order chi connectivity index (χ1) is 57.4. The second-order valence-corrected chi connectivity index (χ2v) is 31.3. The van der Waals surface area contributed by atoms with Crippen LogP contribution in [0.1, 0.15) is 0 Å². The first-order valence-corrected chi connectivity index (χ1v) is 39.8. The van der Waals surface area contributed by atoms with Crippen molar-refractivity contribution in [1.82, 2.24) is 0 Å². The molecular formula is C112H64O4. The van der Waals surface area contributed by atoms with Gasteiger partial charge in [0.15, 0.2) is 0 Å². The maximum Gasteiger partial charge on any atom is 0.143 e. The number of benzene rings is 24. The van der Waals surface area contributed by atoms with Crippen molar-refractivity contribution < 1.29 is 17.7 Å². The molecule has 0 atom stereocenters. The number of furan rings is 4. The first kappa shape index (κ1) is 64.3. The van der Waals surface area contributed by atoms with Crippen LogP contribution in [0.4, 0.5) is 0 Å². The quantitative estimate of drug-likeness (QED) is 0.112. The van der Waals surface area contributed by atoms with Gasteiger partial charge in [-0.2, -0.15) is 0 Å². The van der Waals surface area contributed by atoms with E-state index in [-0.39, 0.29) is 0 Å². The van der Waals surface area contributed by atoms with Gasteiger partial charge in [-0.3, -0.25) is 0 Å². The summed E-state index contributed by atoms with van der Waals surface area (Å²) in [5.41, 5.74) is 7.64. The fourth-order valence-electron chi connectivity index (χ4n) is 19.1. The first-order valence-electron chi connectivity index (χ1n) is 39.8. The minimum atomic E-state index is 0.947. The highest BCUT2D eigenvalue weighted by Gasteiger charge is 2.20. The van der Waals surface area contributed by atoms with Crippen molar-refractivity contribution in [2.75, 3.05) is 0 Å². The molecule has 0 aliphatic carbocycles. The van der Waals surface area contributed by atoms with Crippen LogP contribution in [0.15, 0.2) is 406 Å². The summed E-state index contributed by atoms with van der Waals surface area (Å²) in [6, 6.07) is 139. The molecule has 0 bridgehead atoms. The third kappa shape index (κ3) is 10.1. The Morgan fingerprint density at radius 3 is 0.716 bits per heavy atom. The van der Waals surface area contributed by atoms with Crippen LogP contribution in [0.25, 0.3) is 260 Å². The van der Waals surface area contributed by atoms with E-state index in [1.54, 1.807) is 0 Å². The molecule has 0 saturated carbocycles. The molecule has 0 spiro atoms. The van der Waals surface area contributed by atoms with Gasteiger partial charge in [-0.05, 0) is 289 Å². The van der Waals surface area contributed by atoms with Gasteiger partial charge in [0.05, 0.1) is 0 Å². The van der Waals surface area contributed by atoms with Crippen molar-refractivity contribution in [3.8, 4) is 0 Å². The van der Waals surface area contributed by atoms with Gasteiger partial charge in [-0.15, -0.1) is 0 Å². The lowest BCUT2D eigenvalue weighted by Crippen LogP contribution is -1.80.